The number of hydrogen-bond donors (Lipinski definition) is 1. The van der Waals surface area contributed by atoms with Gasteiger partial charge >= 0.3 is 5.97 Å². The van der Waals surface area contributed by atoms with E-state index in [1.807, 2.05) is 67.7 Å². The van der Waals surface area contributed by atoms with Crippen LogP contribution in [0.4, 0.5) is 0 Å². The fourth-order valence-electron chi connectivity index (χ4n) is 4.74. The van der Waals surface area contributed by atoms with E-state index in [1.165, 1.54) is 0 Å². The van der Waals surface area contributed by atoms with Gasteiger partial charge in [0.05, 0.1) is 5.56 Å². The molecule has 3 aromatic carbocycles. The number of pyridine rings is 1. The van der Waals surface area contributed by atoms with E-state index < -0.39 is 5.97 Å². The molecule has 5 rings (SSSR count). The van der Waals surface area contributed by atoms with E-state index in [0.717, 1.165) is 63.0 Å². The number of carboxylic acids is 1. The number of ether oxygens (including phenoxy) is 1. The Morgan fingerprint density at radius 3 is 2.50 bits per heavy atom. The maximum absolute atomic E-state index is 12.1. The Labute approximate surface area is 210 Å². The first-order valence-corrected chi connectivity index (χ1v) is 12.2. The fourth-order valence-corrected chi connectivity index (χ4v) is 4.74. The standard InChI is InChI=1S/C30H29N3O3/c1-5-8-26-32-28-20(4)19(3)16-31-29(28)33(26)22-11-13-23(14-12-22)36-17-25-18(2)15-21-9-6-7-10-24(21)27(25)30(34)35/h6-7,9-16H,5,8,17H2,1-4H3,(H,34,35). The molecule has 6 heteroatoms. The number of benzene rings is 3. The Hall–Kier alpha value is -4.19. The van der Waals surface area contributed by atoms with Crippen LogP contribution in [0.2, 0.25) is 0 Å². The molecule has 0 saturated carbocycles. The zero-order chi connectivity index (χ0) is 25.4. The molecular weight excluding hydrogens is 450 g/mol. The summed E-state index contributed by atoms with van der Waals surface area (Å²) in [6, 6.07) is 17.4. The van der Waals surface area contributed by atoms with Crippen LogP contribution in [0.1, 0.15) is 51.8 Å². The van der Waals surface area contributed by atoms with Crippen LogP contribution in [0.3, 0.4) is 0 Å². The predicted molar refractivity (Wildman–Crippen MR) is 142 cm³/mol. The molecule has 0 amide bonds. The van der Waals surface area contributed by atoms with Crippen LogP contribution in [0.5, 0.6) is 5.75 Å². The van der Waals surface area contributed by atoms with E-state index in [-0.39, 0.29) is 6.61 Å². The number of fused-ring (bicyclic) bond motifs is 2. The van der Waals surface area contributed by atoms with Gasteiger partial charge in [0.25, 0.3) is 0 Å². The van der Waals surface area contributed by atoms with E-state index >= 15 is 0 Å². The number of aryl methyl sites for hydroxylation is 4. The molecule has 6 nitrogen and oxygen atoms in total. The quantitative estimate of drug-likeness (QED) is 0.280. The maximum Gasteiger partial charge on any atom is 0.336 e. The van der Waals surface area contributed by atoms with Crippen molar-refractivity contribution in [1.29, 1.82) is 0 Å². The van der Waals surface area contributed by atoms with Gasteiger partial charge in [0.15, 0.2) is 5.65 Å². The number of imidazole rings is 1. The second-order valence-corrected chi connectivity index (χ2v) is 9.21. The van der Waals surface area contributed by atoms with Gasteiger partial charge in [-0.25, -0.2) is 14.8 Å². The summed E-state index contributed by atoms with van der Waals surface area (Å²) in [6.45, 7) is 8.39. The first-order valence-electron chi connectivity index (χ1n) is 12.2. The molecule has 1 N–H and O–H groups in total. The van der Waals surface area contributed by atoms with E-state index in [4.69, 9.17) is 14.7 Å². The second kappa shape index (κ2) is 9.46. The van der Waals surface area contributed by atoms with Gasteiger partial charge in [-0.1, -0.05) is 37.3 Å². The molecule has 182 valence electrons. The molecule has 0 fully saturated rings. The summed E-state index contributed by atoms with van der Waals surface area (Å²) in [4.78, 5) is 21.7. The van der Waals surface area contributed by atoms with E-state index in [9.17, 15) is 9.90 Å². The summed E-state index contributed by atoms with van der Waals surface area (Å²) < 4.78 is 8.20. The minimum atomic E-state index is -0.947. The average molecular weight is 480 g/mol. The minimum absolute atomic E-state index is 0.173. The van der Waals surface area contributed by atoms with Crippen molar-refractivity contribution in [3.63, 3.8) is 0 Å². The van der Waals surface area contributed by atoms with E-state index in [0.29, 0.717) is 16.9 Å². The van der Waals surface area contributed by atoms with Crippen molar-refractivity contribution in [2.75, 3.05) is 0 Å². The van der Waals surface area contributed by atoms with E-state index in [2.05, 4.69) is 25.3 Å². The molecular formula is C30H29N3O3. The van der Waals surface area contributed by atoms with E-state index in [1.54, 1.807) is 0 Å². The van der Waals surface area contributed by atoms with Crippen molar-refractivity contribution in [3.8, 4) is 11.4 Å². The Kier molecular flexibility index (Phi) is 6.18. The lowest BCUT2D eigenvalue weighted by atomic mass is 9.95. The Morgan fingerprint density at radius 1 is 1.03 bits per heavy atom. The van der Waals surface area contributed by atoms with Crippen molar-refractivity contribution in [3.05, 3.63) is 94.4 Å². The molecule has 0 aliphatic rings. The first kappa shape index (κ1) is 23.5. The normalized spacial score (nSPS) is 11.3. The van der Waals surface area contributed by atoms with Crippen LogP contribution in [0, 0.1) is 20.8 Å². The first-order chi connectivity index (χ1) is 17.4. The van der Waals surface area contributed by atoms with Crippen LogP contribution < -0.4 is 4.74 Å². The highest BCUT2D eigenvalue weighted by molar-refractivity contribution is 6.05. The highest BCUT2D eigenvalue weighted by Gasteiger charge is 2.18. The lowest BCUT2D eigenvalue weighted by Gasteiger charge is -2.15. The Balaban J connectivity index is 1.47. The molecule has 0 saturated heterocycles. The number of carbonyl (C=O) groups is 1. The van der Waals surface area contributed by atoms with Crippen molar-refractivity contribution < 1.29 is 14.6 Å². The molecule has 2 aromatic heterocycles. The highest BCUT2D eigenvalue weighted by Crippen LogP contribution is 2.29. The number of hydrogen-bond acceptors (Lipinski definition) is 4. The molecule has 5 aromatic rings. The molecule has 0 radical (unpaired) electrons. The van der Waals surface area contributed by atoms with Crippen LogP contribution in [-0.4, -0.2) is 25.6 Å². The minimum Gasteiger partial charge on any atom is -0.489 e. The van der Waals surface area contributed by atoms with Crippen LogP contribution in [-0.2, 0) is 13.0 Å². The molecule has 2 heterocycles. The topological polar surface area (TPSA) is 77.2 Å². The average Bonchev–Trinajstić information content (AvgIpc) is 3.24. The third-order valence-electron chi connectivity index (χ3n) is 6.80. The van der Waals surface area contributed by atoms with Gasteiger partial charge in [-0.15, -0.1) is 0 Å². The summed E-state index contributed by atoms with van der Waals surface area (Å²) in [5.41, 5.74) is 6.92. The van der Waals surface area contributed by atoms with Gasteiger partial charge in [0, 0.05) is 23.9 Å². The lowest BCUT2D eigenvalue weighted by molar-refractivity contribution is 0.0696. The molecule has 0 aliphatic carbocycles. The SMILES string of the molecule is CCCc1nc2c(C)c(C)cnc2n1-c1ccc(OCc2c(C)cc3ccccc3c2C(=O)O)cc1. The summed E-state index contributed by atoms with van der Waals surface area (Å²) >= 11 is 0. The molecule has 0 spiro atoms. The Bertz CT molecular complexity index is 1600. The monoisotopic (exact) mass is 479 g/mol. The fraction of sp³-hybridized carbons (Fsp3) is 0.233. The molecule has 0 bridgehead atoms. The van der Waals surface area contributed by atoms with Crippen LogP contribution in [0.15, 0.2) is 60.8 Å². The molecule has 0 unspecified atom stereocenters. The smallest absolute Gasteiger partial charge is 0.336 e. The van der Waals surface area contributed by atoms with Crippen molar-refractivity contribution >= 4 is 27.9 Å². The van der Waals surface area contributed by atoms with Gasteiger partial charge in [-0.05, 0) is 78.9 Å². The van der Waals surface area contributed by atoms with Crippen molar-refractivity contribution in [1.82, 2.24) is 14.5 Å². The van der Waals surface area contributed by atoms with Gasteiger partial charge in [0.2, 0.25) is 0 Å². The summed E-state index contributed by atoms with van der Waals surface area (Å²) in [5.74, 6) is 0.710. The number of carboxylic acid groups (broad SMARTS) is 1. The molecule has 0 atom stereocenters. The number of aromatic nitrogens is 3. The van der Waals surface area contributed by atoms with Crippen molar-refractivity contribution in [2.45, 2.75) is 47.1 Å². The van der Waals surface area contributed by atoms with Gasteiger partial charge in [-0.3, -0.25) is 4.57 Å². The molecule has 0 aliphatic heterocycles. The zero-order valence-electron chi connectivity index (χ0n) is 21.0. The van der Waals surface area contributed by atoms with Crippen LogP contribution >= 0.6 is 0 Å². The van der Waals surface area contributed by atoms with Crippen LogP contribution in [0.25, 0.3) is 27.6 Å². The number of rotatable bonds is 7. The largest absolute Gasteiger partial charge is 0.489 e. The van der Waals surface area contributed by atoms with Gasteiger partial charge in [0.1, 0.15) is 23.7 Å². The van der Waals surface area contributed by atoms with Crippen molar-refractivity contribution in [2.24, 2.45) is 0 Å². The Morgan fingerprint density at radius 2 is 1.78 bits per heavy atom. The summed E-state index contributed by atoms with van der Waals surface area (Å²) in [6.07, 6.45) is 3.74. The highest BCUT2D eigenvalue weighted by atomic mass is 16.5. The molecule has 36 heavy (non-hydrogen) atoms. The summed E-state index contributed by atoms with van der Waals surface area (Å²) in [7, 11) is 0. The summed E-state index contributed by atoms with van der Waals surface area (Å²) in [5, 5.41) is 11.6. The maximum atomic E-state index is 12.1. The third-order valence-corrected chi connectivity index (χ3v) is 6.80. The zero-order valence-corrected chi connectivity index (χ0v) is 21.0. The van der Waals surface area contributed by atoms with Gasteiger partial charge < -0.3 is 9.84 Å². The second-order valence-electron chi connectivity index (χ2n) is 9.21. The number of aromatic carboxylic acids is 1. The predicted octanol–water partition coefficient (Wildman–Crippen LogP) is 6.73. The lowest BCUT2D eigenvalue weighted by Crippen LogP contribution is -2.09. The van der Waals surface area contributed by atoms with Gasteiger partial charge in [-0.2, -0.15) is 0 Å². The third kappa shape index (κ3) is 4.09. The number of nitrogens with zero attached hydrogens (tertiary/aromatic N) is 3.